The molecule has 0 fully saturated rings. The lowest BCUT2D eigenvalue weighted by Gasteiger charge is -2.11. The molecule has 0 spiro atoms. The summed E-state index contributed by atoms with van der Waals surface area (Å²) in [4.78, 5) is 30.4. The van der Waals surface area contributed by atoms with Crippen LogP contribution < -0.4 is 10.6 Å². The summed E-state index contributed by atoms with van der Waals surface area (Å²) in [5.74, 6) is 0.953. The molecule has 0 unspecified atom stereocenters. The molecule has 2 N–H and O–H groups in total. The van der Waals surface area contributed by atoms with Crippen molar-refractivity contribution in [1.82, 2.24) is 19.6 Å². The van der Waals surface area contributed by atoms with Gasteiger partial charge in [-0.05, 0) is 50.3 Å². The number of likely N-dealkylation sites (N-methyl/N-ethyl adjacent to an activating group) is 1. The number of carbonyl (C=O) groups excluding carboxylic acids is 2. The predicted molar refractivity (Wildman–Crippen MR) is 122 cm³/mol. The number of fused-ring (bicyclic) bond motifs is 1. The molecule has 0 aliphatic heterocycles. The molecule has 3 rings (SSSR count). The Morgan fingerprint density at radius 1 is 1.13 bits per heavy atom. The number of benzene rings is 1. The van der Waals surface area contributed by atoms with Gasteiger partial charge in [-0.15, -0.1) is 11.8 Å². The molecule has 0 bridgehead atoms. The highest BCUT2D eigenvalue weighted by Crippen LogP contribution is 2.14. The molecule has 0 saturated carbocycles. The highest BCUT2D eigenvalue weighted by molar-refractivity contribution is 7.99. The zero-order chi connectivity index (χ0) is 21.5. The first-order valence-electron chi connectivity index (χ1n) is 9.71. The number of nitrogens with zero attached hydrogens (tertiary/aromatic N) is 3. The van der Waals surface area contributed by atoms with Crippen LogP contribution in [0, 0.1) is 6.92 Å². The van der Waals surface area contributed by atoms with E-state index in [1.807, 2.05) is 79.1 Å². The third-order valence-electron chi connectivity index (χ3n) is 4.29. The summed E-state index contributed by atoms with van der Waals surface area (Å²) in [7, 11) is 3.69. The Morgan fingerprint density at radius 3 is 2.77 bits per heavy atom. The van der Waals surface area contributed by atoms with Gasteiger partial charge in [-0.2, -0.15) is 0 Å². The quantitative estimate of drug-likeness (QED) is 0.551. The van der Waals surface area contributed by atoms with Crippen molar-refractivity contribution in [2.75, 3.05) is 31.7 Å². The molecule has 7 nitrogen and oxygen atoms in total. The van der Waals surface area contributed by atoms with E-state index >= 15 is 0 Å². The van der Waals surface area contributed by atoms with E-state index in [2.05, 4.69) is 15.6 Å². The molecular formula is C22H27N5O2S. The number of rotatable bonds is 9. The first kappa shape index (κ1) is 21.9. The molecular weight excluding hydrogens is 398 g/mol. The van der Waals surface area contributed by atoms with Crippen LogP contribution in [0.2, 0.25) is 0 Å². The van der Waals surface area contributed by atoms with E-state index < -0.39 is 0 Å². The first-order chi connectivity index (χ1) is 14.4. The molecule has 0 saturated heterocycles. The summed E-state index contributed by atoms with van der Waals surface area (Å²) in [6.07, 6.45) is 4.05. The maximum atomic E-state index is 12.2. The summed E-state index contributed by atoms with van der Waals surface area (Å²) in [6.45, 7) is 2.79. The number of hydrogen-bond donors (Lipinski definition) is 2. The lowest BCUT2D eigenvalue weighted by atomic mass is 10.2. The van der Waals surface area contributed by atoms with E-state index in [1.54, 1.807) is 0 Å². The summed E-state index contributed by atoms with van der Waals surface area (Å²) in [6, 6.07) is 11.5. The SMILES string of the molecule is Cc1ccc2nc(CSCC(=O)NCc3cccc(NC(=O)CN(C)C)c3)cn2c1. The second kappa shape index (κ2) is 10.3. The number of imidazole rings is 1. The van der Waals surface area contributed by atoms with Crippen molar-refractivity contribution in [2.24, 2.45) is 0 Å². The van der Waals surface area contributed by atoms with Crippen LogP contribution >= 0.6 is 11.8 Å². The van der Waals surface area contributed by atoms with Crippen molar-refractivity contribution in [3.05, 3.63) is 65.6 Å². The van der Waals surface area contributed by atoms with Crippen LogP contribution in [-0.4, -0.2) is 52.5 Å². The second-order valence-corrected chi connectivity index (χ2v) is 8.45. The third-order valence-corrected chi connectivity index (χ3v) is 5.26. The lowest BCUT2D eigenvalue weighted by Crippen LogP contribution is -2.27. The summed E-state index contributed by atoms with van der Waals surface area (Å²) in [5.41, 5.74) is 4.72. The molecule has 0 aliphatic carbocycles. The van der Waals surface area contributed by atoms with Gasteiger partial charge in [0.1, 0.15) is 5.65 Å². The molecule has 0 atom stereocenters. The van der Waals surface area contributed by atoms with Crippen molar-refractivity contribution in [1.29, 1.82) is 0 Å². The van der Waals surface area contributed by atoms with Crippen molar-refractivity contribution in [2.45, 2.75) is 19.2 Å². The molecule has 30 heavy (non-hydrogen) atoms. The zero-order valence-electron chi connectivity index (χ0n) is 17.5. The molecule has 2 aromatic heterocycles. The van der Waals surface area contributed by atoms with Gasteiger partial charge < -0.3 is 19.9 Å². The van der Waals surface area contributed by atoms with E-state index in [9.17, 15) is 9.59 Å². The van der Waals surface area contributed by atoms with E-state index in [4.69, 9.17) is 0 Å². The fourth-order valence-electron chi connectivity index (χ4n) is 2.97. The van der Waals surface area contributed by atoms with Crippen LogP contribution in [0.5, 0.6) is 0 Å². The number of pyridine rings is 1. The number of nitrogens with one attached hydrogen (secondary N) is 2. The molecule has 0 radical (unpaired) electrons. The molecule has 2 amide bonds. The van der Waals surface area contributed by atoms with Gasteiger partial charge in [-0.25, -0.2) is 4.98 Å². The van der Waals surface area contributed by atoms with Crippen LogP contribution in [0.3, 0.4) is 0 Å². The van der Waals surface area contributed by atoms with Gasteiger partial charge in [0.25, 0.3) is 0 Å². The fourth-order valence-corrected chi connectivity index (χ4v) is 3.71. The van der Waals surface area contributed by atoms with Gasteiger partial charge in [0.05, 0.1) is 18.0 Å². The summed E-state index contributed by atoms with van der Waals surface area (Å²) >= 11 is 1.54. The number of carbonyl (C=O) groups is 2. The lowest BCUT2D eigenvalue weighted by molar-refractivity contribution is -0.119. The van der Waals surface area contributed by atoms with Gasteiger partial charge in [-0.3, -0.25) is 9.59 Å². The second-order valence-electron chi connectivity index (χ2n) is 7.46. The van der Waals surface area contributed by atoms with Crippen LogP contribution in [0.4, 0.5) is 5.69 Å². The van der Waals surface area contributed by atoms with E-state index in [0.29, 0.717) is 24.6 Å². The van der Waals surface area contributed by atoms with Crippen molar-refractivity contribution in [3.63, 3.8) is 0 Å². The summed E-state index contributed by atoms with van der Waals surface area (Å²) in [5, 5.41) is 5.79. The molecule has 0 aliphatic rings. The maximum Gasteiger partial charge on any atom is 0.238 e. The Balaban J connectivity index is 1.43. The number of thioether (sulfide) groups is 1. The number of aryl methyl sites for hydroxylation is 1. The minimum absolute atomic E-state index is 0.0262. The number of anilines is 1. The average molecular weight is 426 g/mol. The van der Waals surface area contributed by atoms with E-state index in [0.717, 1.165) is 22.6 Å². The highest BCUT2D eigenvalue weighted by Gasteiger charge is 2.07. The fraction of sp³-hybridized carbons (Fsp3) is 0.318. The van der Waals surface area contributed by atoms with Gasteiger partial charge in [0.2, 0.25) is 11.8 Å². The zero-order valence-corrected chi connectivity index (χ0v) is 18.3. The van der Waals surface area contributed by atoms with Crippen LogP contribution in [-0.2, 0) is 21.9 Å². The Hall–Kier alpha value is -2.84. The normalized spacial score (nSPS) is 11.1. The molecule has 158 valence electrons. The van der Waals surface area contributed by atoms with Crippen molar-refractivity contribution >= 4 is 34.9 Å². The number of hydrogen-bond acceptors (Lipinski definition) is 5. The maximum absolute atomic E-state index is 12.2. The Morgan fingerprint density at radius 2 is 1.97 bits per heavy atom. The smallest absolute Gasteiger partial charge is 0.238 e. The van der Waals surface area contributed by atoms with Gasteiger partial charge >= 0.3 is 0 Å². The van der Waals surface area contributed by atoms with E-state index in [-0.39, 0.29) is 11.8 Å². The Labute approximate surface area is 180 Å². The van der Waals surface area contributed by atoms with Crippen molar-refractivity contribution < 1.29 is 9.59 Å². The van der Waals surface area contributed by atoms with Gasteiger partial charge in [0.15, 0.2) is 0 Å². The standard InChI is InChI=1S/C22H27N5O2S/c1-16-7-8-20-24-19(12-27(20)11-16)14-30-15-22(29)23-10-17-5-4-6-18(9-17)25-21(28)13-26(2)3/h4-9,11-12H,10,13-15H2,1-3H3,(H,23,29)(H,25,28). The molecule has 8 heteroatoms. The van der Waals surface area contributed by atoms with Crippen LogP contribution in [0.15, 0.2) is 48.8 Å². The van der Waals surface area contributed by atoms with Crippen LogP contribution in [0.25, 0.3) is 5.65 Å². The van der Waals surface area contributed by atoms with Gasteiger partial charge in [-0.1, -0.05) is 18.2 Å². The minimum Gasteiger partial charge on any atom is -0.351 e. The Kier molecular flexibility index (Phi) is 7.48. The van der Waals surface area contributed by atoms with Crippen molar-refractivity contribution in [3.8, 4) is 0 Å². The third kappa shape index (κ3) is 6.60. The van der Waals surface area contributed by atoms with Gasteiger partial charge in [0, 0.05) is 30.4 Å². The Bertz CT molecular complexity index is 1030. The number of amides is 2. The first-order valence-corrected chi connectivity index (χ1v) is 10.9. The number of aromatic nitrogens is 2. The molecule has 2 heterocycles. The van der Waals surface area contributed by atoms with E-state index in [1.165, 1.54) is 17.3 Å². The predicted octanol–water partition coefficient (Wildman–Crippen LogP) is 2.69. The largest absolute Gasteiger partial charge is 0.351 e. The highest BCUT2D eigenvalue weighted by atomic mass is 32.2. The summed E-state index contributed by atoms with van der Waals surface area (Å²) < 4.78 is 2.01. The molecule has 3 aromatic rings. The minimum atomic E-state index is -0.0697. The topological polar surface area (TPSA) is 78.7 Å². The molecule has 1 aromatic carbocycles. The monoisotopic (exact) mass is 425 g/mol. The van der Waals surface area contributed by atoms with Crippen LogP contribution in [0.1, 0.15) is 16.8 Å². The average Bonchev–Trinajstić information content (AvgIpc) is 3.07.